The normalized spacial score (nSPS) is 18.1. The Morgan fingerprint density at radius 2 is 1.83 bits per heavy atom. The number of H-pyrrole nitrogens is 1. The van der Waals surface area contributed by atoms with Gasteiger partial charge in [-0.15, -0.1) is 0 Å². The van der Waals surface area contributed by atoms with Crippen LogP contribution in [-0.2, 0) is 11.2 Å². The number of rotatable bonds is 12. The van der Waals surface area contributed by atoms with Crippen LogP contribution in [0, 0.1) is 18.8 Å². The van der Waals surface area contributed by atoms with Crippen LogP contribution in [0.15, 0.2) is 40.4 Å². The largest absolute Gasteiger partial charge is 0.487 e. The van der Waals surface area contributed by atoms with Crippen molar-refractivity contribution in [2.45, 2.75) is 68.8 Å². The van der Waals surface area contributed by atoms with Crippen LogP contribution in [0.5, 0.6) is 5.75 Å². The van der Waals surface area contributed by atoms with E-state index in [1.54, 1.807) is 0 Å². The number of nitrogens with zero attached hydrogens (tertiary/aromatic N) is 5. The Bertz CT molecular complexity index is 1330. The number of ketones is 1. The summed E-state index contributed by atoms with van der Waals surface area (Å²) in [6.45, 7) is 9.54. The van der Waals surface area contributed by atoms with Crippen molar-refractivity contribution in [3.8, 4) is 5.75 Å². The summed E-state index contributed by atoms with van der Waals surface area (Å²) in [6, 6.07) is 10.2. The molecule has 2 aromatic heterocycles. The monoisotopic (exact) mass is 575 g/mol. The summed E-state index contributed by atoms with van der Waals surface area (Å²) in [5.41, 5.74) is 2.03. The number of hydrogen-bond acceptors (Lipinski definition) is 9. The van der Waals surface area contributed by atoms with Gasteiger partial charge >= 0.3 is 0 Å². The van der Waals surface area contributed by atoms with E-state index < -0.39 is 0 Å². The molecule has 41 heavy (non-hydrogen) atoms. The van der Waals surface area contributed by atoms with Crippen molar-refractivity contribution in [1.29, 1.82) is 0 Å². The quantitative estimate of drug-likeness (QED) is 0.266. The van der Waals surface area contributed by atoms with Gasteiger partial charge in [-0.3, -0.25) is 14.8 Å². The molecular formula is C31H41N7O2S. The van der Waals surface area contributed by atoms with Crippen LogP contribution in [0.1, 0.15) is 56.7 Å². The maximum absolute atomic E-state index is 12.7. The molecule has 3 aliphatic rings. The Morgan fingerprint density at radius 3 is 2.49 bits per heavy atom. The molecule has 2 saturated carbocycles. The van der Waals surface area contributed by atoms with Gasteiger partial charge in [-0.1, -0.05) is 25.0 Å². The predicted molar refractivity (Wildman–Crippen MR) is 162 cm³/mol. The van der Waals surface area contributed by atoms with Crippen LogP contribution in [0.4, 0.5) is 17.5 Å². The molecule has 1 aromatic carbocycles. The maximum atomic E-state index is 12.7. The molecule has 2 N–H and O–H groups in total. The van der Waals surface area contributed by atoms with Gasteiger partial charge in [0.05, 0.1) is 6.61 Å². The number of aryl methyl sites for hydroxylation is 1. The molecule has 9 nitrogen and oxygen atoms in total. The zero-order chi connectivity index (χ0) is 28.2. The lowest BCUT2D eigenvalue weighted by Crippen LogP contribution is -2.47. The van der Waals surface area contributed by atoms with Crippen LogP contribution in [-0.4, -0.2) is 70.2 Å². The summed E-state index contributed by atoms with van der Waals surface area (Å²) in [7, 11) is 0. The highest BCUT2D eigenvalue weighted by atomic mass is 32.2. The third kappa shape index (κ3) is 7.22. The fourth-order valence-corrected chi connectivity index (χ4v) is 6.58. The van der Waals surface area contributed by atoms with E-state index in [0.717, 1.165) is 66.9 Å². The summed E-state index contributed by atoms with van der Waals surface area (Å²) < 4.78 is 6.18. The molecule has 3 fully saturated rings. The van der Waals surface area contributed by atoms with Crippen molar-refractivity contribution < 1.29 is 9.53 Å². The number of carbonyl (C=O) groups excluding carboxylic acids is 1. The minimum atomic E-state index is 0.250. The second-order valence-corrected chi connectivity index (χ2v) is 12.6. The number of piperazine rings is 1. The molecule has 0 atom stereocenters. The first kappa shape index (κ1) is 28.0. The van der Waals surface area contributed by atoms with Crippen LogP contribution in [0.3, 0.4) is 0 Å². The fraction of sp³-hybridized carbons (Fsp3) is 0.548. The molecular weight excluding hydrogens is 534 g/mol. The van der Waals surface area contributed by atoms with E-state index in [4.69, 9.17) is 14.7 Å². The molecule has 3 aromatic rings. The van der Waals surface area contributed by atoms with Gasteiger partial charge in [0.2, 0.25) is 5.75 Å². The molecule has 0 bridgehead atoms. The standard InChI is InChI=1S/C31H41N7O2S/c1-3-40-28-29(32-27-18-21(2)35-36-27)33-31(34-30(28)38-16-14-37(15-17-38)20-23-8-9-23)41-25-12-10-22(11-13-25)19-26(39)24-6-4-5-7-24/h10-13,18,23-24H,3-9,14-17,19-20H2,1-2H3,(H2,32,33,34,35,36). The molecule has 1 aliphatic heterocycles. The Kier molecular flexibility index (Phi) is 8.76. The summed E-state index contributed by atoms with van der Waals surface area (Å²) in [6.07, 6.45) is 7.73. The van der Waals surface area contributed by atoms with Crippen LogP contribution < -0.4 is 15.0 Å². The Morgan fingerprint density at radius 1 is 1.07 bits per heavy atom. The second kappa shape index (κ2) is 12.8. The lowest BCUT2D eigenvalue weighted by Gasteiger charge is -2.36. The maximum Gasteiger partial charge on any atom is 0.205 e. The van der Waals surface area contributed by atoms with Crippen molar-refractivity contribution in [3.05, 3.63) is 41.6 Å². The number of hydrogen-bond donors (Lipinski definition) is 2. The minimum Gasteiger partial charge on any atom is -0.487 e. The number of anilines is 3. The van der Waals surface area contributed by atoms with E-state index in [-0.39, 0.29) is 5.92 Å². The number of carbonyl (C=O) groups is 1. The van der Waals surface area contributed by atoms with Gasteiger partial charge < -0.3 is 15.0 Å². The van der Waals surface area contributed by atoms with Gasteiger partial charge in [0, 0.05) is 61.7 Å². The predicted octanol–water partition coefficient (Wildman–Crippen LogP) is 5.64. The van der Waals surface area contributed by atoms with E-state index in [0.29, 0.717) is 41.4 Å². The third-order valence-corrected chi connectivity index (χ3v) is 9.15. The number of Topliss-reactive ketones (excluding diaryl/α,β-unsaturated/α-hetero) is 1. The Balaban J connectivity index is 1.23. The van der Waals surface area contributed by atoms with Gasteiger partial charge in [0.15, 0.2) is 22.6 Å². The SMILES string of the molecule is CCOc1c(Nc2cc(C)[nH]n2)nc(Sc2ccc(CC(=O)C3CCCC3)cc2)nc1N1CCN(CC2CC2)CC1. The average molecular weight is 576 g/mol. The summed E-state index contributed by atoms with van der Waals surface area (Å²) in [4.78, 5) is 28.6. The van der Waals surface area contributed by atoms with E-state index in [9.17, 15) is 4.79 Å². The van der Waals surface area contributed by atoms with Gasteiger partial charge in [-0.05, 0) is 74.9 Å². The smallest absolute Gasteiger partial charge is 0.205 e. The van der Waals surface area contributed by atoms with E-state index in [1.807, 2.05) is 19.9 Å². The molecule has 0 radical (unpaired) electrons. The van der Waals surface area contributed by atoms with Crippen molar-refractivity contribution in [2.75, 3.05) is 49.5 Å². The van der Waals surface area contributed by atoms with E-state index in [1.165, 1.54) is 44.0 Å². The number of aromatic amines is 1. The van der Waals surface area contributed by atoms with Gasteiger partial charge in [-0.25, -0.2) is 9.97 Å². The van der Waals surface area contributed by atoms with Crippen molar-refractivity contribution in [3.63, 3.8) is 0 Å². The number of ether oxygens (including phenoxy) is 1. The van der Waals surface area contributed by atoms with Crippen molar-refractivity contribution >= 4 is 35.0 Å². The molecule has 6 rings (SSSR count). The minimum absolute atomic E-state index is 0.250. The van der Waals surface area contributed by atoms with E-state index >= 15 is 0 Å². The highest BCUT2D eigenvalue weighted by Crippen LogP contribution is 2.39. The van der Waals surface area contributed by atoms with Gasteiger partial charge in [0.25, 0.3) is 0 Å². The zero-order valence-corrected chi connectivity index (χ0v) is 25.0. The van der Waals surface area contributed by atoms with Crippen LogP contribution in [0.25, 0.3) is 0 Å². The summed E-state index contributed by atoms with van der Waals surface area (Å²) >= 11 is 1.52. The molecule has 0 amide bonds. The van der Waals surface area contributed by atoms with Crippen molar-refractivity contribution in [1.82, 2.24) is 25.1 Å². The summed E-state index contributed by atoms with van der Waals surface area (Å²) in [5.74, 6) is 4.31. The van der Waals surface area contributed by atoms with E-state index in [2.05, 4.69) is 49.6 Å². The number of nitrogens with one attached hydrogen (secondary N) is 2. The topological polar surface area (TPSA) is 99.3 Å². The molecule has 1 saturated heterocycles. The zero-order valence-electron chi connectivity index (χ0n) is 24.2. The number of aromatic nitrogens is 4. The third-order valence-electron chi connectivity index (χ3n) is 8.27. The van der Waals surface area contributed by atoms with Gasteiger partial charge in [-0.2, -0.15) is 5.10 Å². The van der Waals surface area contributed by atoms with Gasteiger partial charge in [0.1, 0.15) is 5.78 Å². The van der Waals surface area contributed by atoms with Crippen LogP contribution in [0.2, 0.25) is 0 Å². The Labute approximate surface area is 246 Å². The molecule has 2 aliphatic carbocycles. The second-order valence-electron chi connectivity index (χ2n) is 11.6. The lowest BCUT2D eigenvalue weighted by atomic mass is 9.97. The average Bonchev–Trinajstić information content (AvgIpc) is 3.42. The molecule has 0 spiro atoms. The molecule has 218 valence electrons. The molecule has 0 unspecified atom stereocenters. The fourth-order valence-electron chi connectivity index (χ4n) is 5.83. The first-order chi connectivity index (χ1) is 20.0. The molecule has 3 heterocycles. The first-order valence-corrected chi connectivity index (χ1v) is 16.0. The summed E-state index contributed by atoms with van der Waals surface area (Å²) in [5, 5.41) is 11.4. The van der Waals surface area contributed by atoms with Crippen molar-refractivity contribution in [2.24, 2.45) is 11.8 Å². The molecule has 10 heteroatoms. The number of benzene rings is 1. The van der Waals surface area contributed by atoms with Crippen LogP contribution >= 0.6 is 11.8 Å². The highest BCUT2D eigenvalue weighted by Gasteiger charge is 2.29. The highest BCUT2D eigenvalue weighted by molar-refractivity contribution is 7.99. The Hall–Kier alpha value is -3.11. The first-order valence-electron chi connectivity index (χ1n) is 15.1. The lowest BCUT2D eigenvalue weighted by molar-refractivity contribution is -0.122.